The van der Waals surface area contributed by atoms with Gasteiger partial charge < -0.3 is 0 Å². The van der Waals surface area contributed by atoms with Crippen LogP contribution in [0.3, 0.4) is 0 Å². The van der Waals surface area contributed by atoms with Crippen molar-refractivity contribution in [1.82, 2.24) is 0 Å². The average molecular weight is 222 g/mol. The number of halogens is 1. The first-order valence-corrected chi connectivity index (χ1v) is 4.66. The summed E-state index contributed by atoms with van der Waals surface area (Å²) < 4.78 is 13.0. The fraction of sp³-hybridized carbons (Fsp3) is 0.273. The van der Waals surface area contributed by atoms with Crippen LogP contribution in [0.2, 0.25) is 0 Å². The molecule has 0 aliphatic heterocycles. The Labute approximate surface area is 94.8 Å². The molecular weight excluding hydrogens is 207 g/mol. The lowest BCUT2D eigenvalue weighted by atomic mass is 10.4. The molecule has 0 radical (unpaired) electrons. The summed E-state index contributed by atoms with van der Waals surface area (Å²) >= 11 is 0. The van der Waals surface area contributed by atoms with Gasteiger partial charge in [-0.2, -0.15) is 0 Å². The van der Waals surface area contributed by atoms with E-state index in [-0.39, 0.29) is 0 Å². The van der Waals surface area contributed by atoms with Crippen molar-refractivity contribution in [1.29, 1.82) is 0 Å². The smallest absolute Gasteiger partial charge is 0.162 e. The normalized spacial score (nSPS) is 13.6. The Kier molecular flexibility index (Phi) is 8.49. The molecular formula is C11H15FN4. The van der Waals surface area contributed by atoms with Gasteiger partial charge in [-0.25, -0.2) is 4.39 Å². The number of hydrogen-bond acceptors (Lipinski definition) is 4. The van der Waals surface area contributed by atoms with Crippen molar-refractivity contribution in [2.24, 2.45) is 20.0 Å². The van der Waals surface area contributed by atoms with Crippen LogP contribution in [0, 0.1) is 0 Å². The summed E-state index contributed by atoms with van der Waals surface area (Å²) in [6.07, 6.45) is 5.81. The Balaban J connectivity index is 3.96. The van der Waals surface area contributed by atoms with Gasteiger partial charge in [-0.15, -0.1) is 0 Å². The number of aliphatic imine (C=N–C) groups is 4. The quantitative estimate of drug-likeness (QED) is 0.468. The van der Waals surface area contributed by atoms with Gasteiger partial charge in [0, 0.05) is 12.4 Å². The Hall–Kier alpha value is -1.91. The summed E-state index contributed by atoms with van der Waals surface area (Å²) in [5.41, 5.74) is 0.297. The number of nitrogens with zero attached hydrogens (tertiary/aromatic N) is 4. The van der Waals surface area contributed by atoms with E-state index in [4.69, 9.17) is 0 Å². The molecule has 0 rings (SSSR count). The third-order valence-corrected chi connectivity index (χ3v) is 1.51. The Morgan fingerprint density at radius 3 is 2.62 bits per heavy atom. The van der Waals surface area contributed by atoms with Gasteiger partial charge in [0.05, 0.1) is 25.0 Å². The molecule has 0 aliphatic rings. The maximum atomic E-state index is 13.0. The van der Waals surface area contributed by atoms with Crippen molar-refractivity contribution >= 4 is 25.4 Å². The van der Waals surface area contributed by atoms with E-state index in [1.54, 1.807) is 19.2 Å². The molecule has 0 saturated carbocycles. The molecule has 0 heterocycles. The predicted octanol–water partition coefficient (Wildman–Crippen LogP) is 2.24. The topological polar surface area (TPSA) is 49.4 Å². The molecule has 0 aromatic carbocycles. The highest BCUT2D eigenvalue weighted by atomic mass is 19.1. The fourth-order valence-corrected chi connectivity index (χ4v) is 0.759. The lowest BCUT2D eigenvalue weighted by molar-refractivity contribution is 0.675. The molecule has 0 aliphatic carbocycles. The van der Waals surface area contributed by atoms with Crippen LogP contribution in [0.5, 0.6) is 0 Å². The minimum absolute atomic E-state index is 0.297. The van der Waals surface area contributed by atoms with Gasteiger partial charge >= 0.3 is 0 Å². The second-order valence-electron chi connectivity index (χ2n) is 2.71. The lowest BCUT2D eigenvalue weighted by Crippen LogP contribution is -1.96. The number of hydrogen-bond donors (Lipinski definition) is 0. The van der Waals surface area contributed by atoms with E-state index in [0.29, 0.717) is 18.8 Å². The third kappa shape index (κ3) is 7.49. The third-order valence-electron chi connectivity index (χ3n) is 1.51. The van der Waals surface area contributed by atoms with Gasteiger partial charge in [-0.3, -0.25) is 20.0 Å². The summed E-state index contributed by atoms with van der Waals surface area (Å²) in [4.78, 5) is 14.8. The van der Waals surface area contributed by atoms with Crippen LogP contribution in [0.1, 0.15) is 6.92 Å². The molecule has 0 aromatic heterocycles. The molecule has 0 aromatic rings. The summed E-state index contributed by atoms with van der Waals surface area (Å²) in [7, 11) is 0. The zero-order valence-corrected chi connectivity index (χ0v) is 9.30. The molecule has 86 valence electrons. The van der Waals surface area contributed by atoms with Gasteiger partial charge in [0.1, 0.15) is 0 Å². The van der Waals surface area contributed by atoms with Crippen molar-refractivity contribution in [3.8, 4) is 0 Å². The highest BCUT2D eigenvalue weighted by molar-refractivity contribution is 5.96. The molecule has 0 N–H and O–H groups in total. The summed E-state index contributed by atoms with van der Waals surface area (Å²) in [5.74, 6) is -0.477. The molecule has 4 nitrogen and oxygen atoms in total. The maximum Gasteiger partial charge on any atom is 0.162 e. The molecule has 0 spiro atoms. The molecule has 5 heteroatoms. The van der Waals surface area contributed by atoms with Crippen LogP contribution in [-0.4, -0.2) is 38.5 Å². The molecule has 0 bridgehead atoms. The van der Waals surface area contributed by atoms with E-state index in [0.717, 1.165) is 6.20 Å². The molecule has 0 fully saturated rings. The lowest BCUT2D eigenvalue weighted by Gasteiger charge is -1.94. The van der Waals surface area contributed by atoms with E-state index in [1.165, 1.54) is 6.20 Å². The average Bonchev–Trinajstić information content (AvgIpc) is 2.28. The largest absolute Gasteiger partial charge is 0.291 e. The van der Waals surface area contributed by atoms with Gasteiger partial charge in [0.15, 0.2) is 5.83 Å². The van der Waals surface area contributed by atoms with Crippen LogP contribution in [0.15, 0.2) is 44.3 Å². The van der Waals surface area contributed by atoms with Crippen LogP contribution >= 0.6 is 0 Å². The minimum atomic E-state index is -0.477. The minimum Gasteiger partial charge on any atom is -0.291 e. The van der Waals surface area contributed by atoms with E-state index in [1.807, 2.05) is 0 Å². The predicted molar refractivity (Wildman–Crippen MR) is 68.8 cm³/mol. The van der Waals surface area contributed by atoms with Crippen molar-refractivity contribution in [3.63, 3.8) is 0 Å². The van der Waals surface area contributed by atoms with Crippen LogP contribution in [-0.2, 0) is 0 Å². The maximum absolute atomic E-state index is 13.0. The van der Waals surface area contributed by atoms with E-state index >= 15 is 0 Å². The summed E-state index contributed by atoms with van der Waals surface area (Å²) in [5, 5.41) is 0. The second kappa shape index (κ2) is 9.64. The van der Waals surface area contributed by atoms with E-state index in [2.05, 4.69) is 33.4 Å². The van der Waals surface area contributed by atoms with Crippen molar-refractivity contribution in [2.45, 2.75) is 6.92 Å². The first kappa shape index (κ1) is 14.1. The molecule has 16 heavy (non-hydrogen) atoms. The molecule has 0 atom stereocenters. The first-order valence-electron chi connectivity index (χ1n) is 4.66. The molecule has 0 saturated heterocycles. The molecule has 0 amide bonds. The Morgan fingerprint density at radius 1 is 1.25 bits per heavy atom. The van der Waals surface area contributed by atoms with Crippen molar-refractivity contribution in [3.05, 3.63) is 24.3 Å². The van der Waals surface area contributed by atoms with Gasteiger partial charge in [-0.05, 0) is 26.4 Å². The van der Waals surface area contributed by atoms with Gasteiger partial charge in [0.2, 0.25) is 0 Å². The zero-order valence-electron chi connectivity index (χ0n) is 9.30. The Bertz CT molecular complexity index is 340. The van der Waals surface area contributed by atoms with Crippen LogP contribution < -0.4 is 0 Å². The standard InChI is InChI=1S/C11H15FN4/c1-10(11(12)9-14-3)16-8-7-15-6-4-5-13-2/h4-6,9H,2-3,7-8H2,1H3/b5-4-,11-9+,15-6?,16-10?. The fourth-order valence-electron chi connectivity index (χ4n) is 0.759. The zero-order chi connectivity index (χ0) is 12.2. The van der Waals surface area contributed by atoms with E-state index < -0.39 is 5.83 Å². The summed E-state index contributed by atoms with van der Waals surface area (Å²) in [6, 6.07) is 0. The first-order chi connectivity index (χ1) is 7.72. The molecule has 0 unspecified atom stereocenters. The van der Waals surface area contributed by atoms with Gasteiger partial charge in [-0.1, -0.05) is 0 Å². The van der Waals surface area contributed by atoms with Crippen molar-refractivity contribution in [2.75, 3.05) is 13.1 Å². The highest BCUT2D eigenvalue weighted by Gasteiger charge is 1.97. The monoisotopic (exact) mass is 222 g/mol. The Morgan fingerprint density at radius 2 is 2.00 bits per heavy atom. The highest BCUT2D eigenvalue weighted by Crippen LogP contribution is 1.99. The number of allylic oxidation sites excluding steroid dienone is 2. The SMILES string of the molecule is C=N/C=C\C=NCCN=C(C)/C(F)=C\N=C. The number of rotatable bonds is 7. The summed E-state index contributed by atoms with van der Waals surface area (Å²) in [6.45, 7) is 8.92. The van der Waals surface area contributed by atoms with Crippen LogP contribution in [0.25, 0.3) is 0 Å². The van der Waals surface area contributed by atoms with Gasteiger partial charge in [0.25, 0.3) is 0 Å². The second-order valence-corrected chi connectivity index (χ2v) is 2.71. The van der Waals surface area contributed by atoms with Crippen molar-refractivity contribution < 1.29 is 4.39 Å². The van der Waals surface area contributed by atoms with Crippen LogP contribution in [0.4, 0.5) is 4.39 Å². The van der Waals surface area contributed by atoms with E-state index in [9.17, 15) is 4.39 Å².